The van der Waals surface area contributed by atoms with E-state index in [0.29, 0.717) is 6.04 Å². The number of hydroxylamine groups is 1. The molecule has 3 heteroatoms. The first-order chi connectivity index (χ1) is 5.40. The van der Waals surface area contributed by atoms with Gasteiger partial charge >= 0.3 is 0 Å². The fourth-order valence-corrected chi connectivity index (χ4v) is 2.34. The molecule has 0 saturated carbocycles. The minimum atomic E-state index is 0.356. The molecule has 0 bridgehead atoms. The van der Waals surface area contributed by atoms with E-state index in [1.54, 1.807) is 0 Å². The van der Waals surface area contributed by atoms with Gasteiger partial charge in [-0.2, -0.15) is 0 Å². The van der Waals surface area contributed by atoms with Gasteiger partial charge in [0.05, 0.1) is 0 Å². The second-order valence-corrected chi connectivity index (χ2v) is 3.68. The fraction of sp³-hybridized carbons (Fsp3) is 1.00. The second kappa shape index (κ2) is 3.09. The lowest BCUT2D eigenvalue weighted by Gasteiger charge is -2.33. The van der Waals surface area contributed by atoms with Crippen LogP contribution in [0.3, 0.4) is 0 Å². The Bertz CT molecular complexity index is 140. The topological polar surface area (TPSA) is 35.5 Å². The van der Waals surface area contributed by atoms with E-state index in [-0.39, 0.29) is 0 Å². The highest BCUT2D eigenvalue weighted by Gasteiger charge is 2.31. The Morgan fingerprint density at radius 3 is 3.00 bits per heavy atom. The van der Waals surface area contributed by atoms with Crippen molar-refractivity contribution in [2.24, 2.45) is 0 Å². The standard InChI is InChI=1S/C8H16N2O/c11-9-7-3-5-10-4-1-2-8(10)6-7/h7-9,11H,1-6H2. The summed E-state index contributed by atoms with van der Waals surface area (Å²) in [5, 5.41) is 8.74. The molecule has 2 fully saturated rings. The van der Waals surface area contributed by atoms with Crippen molar-refractivity contribution in [1.82, 2.24) is 10.4 Å². The molecular weight excluding hydrogens is 140 g/mol. The maximum Gasteiger partial charge on any atom is 0.0346 e. The maximum atomic E-state index is 8.74. The van der Waals surface area contributed by atoms with E-state index in [1.807, 2.05) is 0 Å². The highest BCUT2D eigenvalue weighted by molar-refractivity contribution is 4.87. The highest BCUT2D eigenvalue weighted by Crippen LogP contribution is 2.26. The lowest BCUT2D eigenvalue weighted by Crippen LogP contribution is -2.44. The Kier molecular flexibility index (Phi) is 2.11. The minimum Gasteiger partial charge on any atom is -0.317 e. The van der Waals surface area contributed by atoms with Crippen LogP contribution in [0.15, 0.2) is 0 Å². The quantitative estimate of drug-likeness (QED) is 0.545. The number of nitrogens with zero attached hydrogens (tertiary/aromatic N) is 1. The van der Waals surface area contributed by atoms with Gasteiger partial charge in [-0.1, -0.05) is 0 Å². The molecule has 2 aliphatic heterocycles. The van der Waals surface area contributed by atoms with Crippen LogP contribution in [0.5, 0.6) is 0 Å². The largest absolute Gasteiger partial charge is 0.317 e. The summed E-state index contributed by atoms with van der Waals surface area (Å²) < 4.78 is 0. The number of fused-ring (bicyclic) bond motifs is 1. The number of nitrogens with one attached hydrogen (secondary N) is 1. The van der Waals surface area contributed by atoms with Gasteiger partial charge in [0, 0.05) is 12.1 Å². The first kappa shape index (κ1) is 7.53. The van der Waals surface area contributed by atoms with E-state index in [4.69, 9.17) is 5.21 Å². The Hall–Kier alpha value is -0.120. The van der Waals surface area contributed by atoms with Crippen molar-refractivity contribution < 1.29 is 5.21 Å². The third-order valence-electron chi connectivity index (χ3n) is 3.00. The van der Waals surface area contributed by atoms with Crippen molar-refractivity contribution >= 4 is 0 Å². The fourth-order valence-electron chi connectivity index (χ4n) is 2.34. The van der Waals surface area contributed by atoms with Gasteiger partial charge in [0.15, 0.2) is 0 Å². The molecule has 2 heterocycles. The summed E-state index contributed by atoms with van der Waals surface area (Å²) in [5.74, 6) is 0. The van der Waals surface area contributed by atoms with E-state index >= 15 is 0 Å². The van der Waals surface area contributed by atoms with Gasteiger partial charge in [-0.15, -0.1) is 0 Å². The molecule has 0 aliphatic carbocycles. The molecular formula is C8H16N2O. The van der Waals surface area contributed by atoms with Crippen molar-refractivity contribution in [2.45, 2.75) is 37.8 Å². The summed E-state index contributed by atoms with van der Waals surface area (Å²) >= 11 is 0. The summed E-state index contributed by atoms with van der Waals surface area (Å²) in [6.45, 7) is 2.45. The normalized spacial score (nSPS) is 39.0. The summed E-state index contributed by atoms with van der Waals surface area (Å²) in [6, 6.07) is 1.11. The minimum absolute atomic E-state index is 0.356. The van der Waals surface area contributed by atoms with Crippen LogP contribution in [-0.2, 0) is 0 Å². The third-order valence-corrected chi connectivity index (χ3v) is 3.00. The summed E-state index contributed by atoms with van der Waals surface area (Å²) in [5.41, 5.74) is 2.39. The third kappa shape index (κ3) is 1.41. The van der Waals surface area contributed by atoms with E-state index in [9.17, 15) is 0 Å². The van der Waals surface area contributed by atoms with E-state index in [0.717, 1.165) is 18.9 Å². The molecule has 2 rings (SSSR count). The molecule has 3 nitrogen and oxygen atoms in total. The Morgan fingerprint density at radius 1 is 1.27 bits per heavy atom. The van der Waals surface area contributed by atoms with Crippen molar-refractivity contribution in [3.63, 3.8) is 0 Å². The molecule has 2 N–H and O–H groups in total. The zero-order chi connectivity index (χ0) is 7.68. The summed E-state index contributed by atoms with van der Waals surface area (Å²) in [6.07, 6.45) is 4.92. The lowest BCUT2D eigenvalue weighted by atomic mass is 9.98. The molecule has 0 radical (unpaired) electrons. The SMILES string of the molecule is ONC1CCN2CCCC2C1. The summed E-state index contributed by atoms with van der Waals surface area (Å²) in [4.78, 5) is 2.55. The molecule has 2 aliphatic rings. The van der Waals surface area contributed by atoms with Crippen molar-refractivity contribution in [2.75, 3.05) is 13.1 Å². The highest BCUT2D eigenvalue weighted by atomic mass is 16.5. The van der Waals surface area contributed by atoms with Crippen molar-refractivity contribution in [1.29, 1.82) is 0 Å². The van der Waals surface area contributed by atoms with E-state index in [1.165, 1.54) is 25.9 Å². The number of rotatable bonds is 1. The van der Waals surface area contributed by atoms with Crippen molar-refractivity contribution in [3.8, 4) is 0 Å². The summed E-state index contributed by atoms with van der Waals surface area (Å²) in [7, 11) is 0. The van der Waals surface area contributed by atoms with Crippen LogP contribution in [0.25, 0.3) is 0 Å². The van der Waals surface area contributed by atoms with E-state index < -0.39 is 0 Å². The van der Waals surface area contributed by atoms with Gasteiger partial charge in [-0.3, -0.25) is 0 Å². The van der Waals surface area contributed by atoms with Crippen molar-refractivity contribution in [3.05, 3.63) is 0 Å². The average Bonchev–Trinajstić information content (AvgIpc) is 2.50. The Morgan fingerprint density at radius 2 is 2.18 bits per heavy atom. The predicted octanol–water partition coefficient (Wildman–Crippen LogP) is 0.592. The second-order valence-electron chi connectivity index (χ2n) is 3.68. The molecule has 0 aromatic carbocycles. The number of hydrogen-bond acceptors (Lipinski definition) is 3. The van der Waals surface area contributed by atoms with Gasteiger partial charge in [-0.25, -0.2) is 5.48 Å². The molecule has 0 aromatic heterocycles. The molecule has 0 aromatic rings. The van der Waals surface area contributed by atoms with Crippen LogP contribution in [0.4, 0.5) is 0 Å². The molecule has 2 saturated heterocycles. The van der Waals surface area contributed by atoms with Gasteiger partial charge < -0.3 is 10.1 Å². The maximum absolute atomic E-state index is 8.74. The van der Waals surface area contributed by atoms with Crippen LogP contribution >= 0.6 is 0 Å². The molecule has 11 heavy (non-hydrogen) atoms. The van der Waals surface area contributed by atoms with Crippen LogP contribution in [0.1, 0.15) is 25.7 Å². The average molecular weight is 156 g/mol. The van der Waals surface area contributed by atoms with Crippen LogP contribution in [0, 0.1) is 0 Å². The number of hydrogen-bond donors (Lipinski definition) is 2. The molecule has 64 valence electrons. The zero-order valence-corrected chi connectivity index (χ0v) is 6.79. The first-order valence-corrected chi connectivity index (χ1v) is 4.54. The number of piperidine rings is 1. The lowest BCUT2D eigenvalue weighted by molar-refractivity contribution is 0.0692. The molecule has 0 spiro atoms. The van der Waals surface area contributed by atoms with Crippen LogP contribution in [0.2, 0.25) is 0 Å². The van der Waals surface area contributed by atoms with Crippen LogP contribution in [-0.4, -0.2) is 35.3 Å². The van der Waals surface area contributed by atoms with E-state index in [2.05, 4.69) is 10.4 Å². The monoisotopic (exact) mass is 156 g/mol. The predicted molar refractivity (Wildman–Crippen MR) is 42.5 cm³/mol. The van der Waals surface area contributed by atoms with Crippen LogP contribution < -0.4 is 5.48 Å². The van der Waals surface area contributed by atoms with Gasteiger partial charge in [-0.05, 0) is 38.8 Å². The first-order valence-electron chi connectivity index (χ1n) is 4.54. The van der Waals surface area contributed by atoms with Gasteiger partial charge in [0.1, 0.15) is 0 Å². The smallest absolute Gasteiger partial charge is 0.0346 e. The van der Waals surface area contributed by atoms with Gasteiger partial charge in [0.2, 0.25) is 0 Å². The zero-order valence-electron chi connectivity index (χ0n) is 6.79. The molecule has 2 unspecified atom stereocenters. The molecule has 2 atom stereocenters. The Labute approximate surface area is 67.3 Å². The van der Waals surface area contributed by atoms with Gasteiger partial charge in [0.25, 0.3) is 0 Å². The molecule has 0 amide bonds. The Balaban J connectivity index is 1.91.